The lowest BCUT2D eigenvalue weighted by Gasteiger charge is -2.28. The number of aryl methyl sites for hydroxylation is 1. The summed E-state index contributed by atoms with van der Waals surface area (Å²) in [7, 11) is 0. The maximum Gasteiger partial charge on any atom is 0.321 e. The van der Waals surface area contributed by atoms with Crippen molar-refractivity contribution in [3.8, 4) is 0 Å². The van der Waals surface area contributed by atoms with E-state index in [0.717, 1.165) is 37.4 Å². The molecule has 2 N–H and O–H groups in total. The number of carboxylic acids is 1. The number of rotatable bonds is 3. The number of nitrogens with one attached hydrogen (secondary N) is 1. The van der Waals surface area contributed by atoms with Crippen LogP contribution in [0.1, 0.15) is 25.0 Å². The topological polar surface area (TPSA) is 95.0 Å². The van der Waals surface area contributed by atoms with Gasteiger partial charge in [0, 0.05) is 26.2 Å². The summed E-state index contributed by atoms with van der Waals surface area (Å²) in [5.41, 5.74) is 0.656. The number of carboxylic acid groups (broad SMARTS) is 1. The van der Waals surface area contributed by atoms with E-state index in [1.165, 1.54) is 0 Å². The number of pyridine rings is 1. The van der Waals surface area contributed by atoms with E-state index in [1.54, 1.807) is 4.90 Å². The molecule has 2 aliphatic heterocycles. The molecule has 146 valence electrons. The Kier molecular flexibility index (Phi) is 4.67. The minimum Gasteiger partial charge on any atom is -0.481 e. The summed E-state index contributed by atoms with van der Waals surface area (Å²) in [6.45, 7) is 5.68. The second-order valence-corrected chi connectivity index (χ2v) is 7.76. The number of fused-ring (bicyclic) bond motifs is 1. The second-order valence-electron chi connectivity index (χ2n) is 7.76. The van der Waals surface area contributed by atoms with Crippen molar-refractivity contribution in [1.29, 1.82) is 0 Å². The molecule has 2 saturated heterocycles. The third-order valence-electron chi connectivity index (χ3n) is 6.23. The zero-order valence-electron chi connectivity index (χ0n) is 15.6. The molecule has 0 bridgehead atoms. The zero-order chi connectivity index (χ0) is 19.0. The number of likely N-dealkylation sites (tertiary alicyclic amines) is 1. The van der Waals surface area contributed by atoms with E-state index in [-0.39, 0.29) is 18.5 Å². The minimum atomic E-state index is -0.770. The average molecular weight is 374 g/mol. The van der Waals surface area contributed by atoms with Gasteiger partial charge in [-0.05, 0) is 37.8 Å². The third kappa shape index (κ3) is 3.22. The molecule has 1 aromatic heterocycles. The highest BCUT2D eigenvalue weighted by molar-refractivity contribution is 5.91. The van der Waals surface area contributed by atoms with Crippen LogP contribution in [0.5, 0.6) is 0 Å². The van der Waals surface area contributed by atoms with Gasteiger partial charge < -0.3 is 25.0 Å². The molecule has 2 amide bonds. The maximum atomic E-state index is 12.7. The first-order chi connectivity index (χ1) is 13.0. The van der Waals surface area contributed by atoms with Gasteiger partial charge in [0.05, 0.1) is 30.0 Å². The van der Waals surface area contributed by atoms with Crippen LogP contribution in [-0.4, -0.2) is 66.4 Å². The quantitative estimate of drug-likeness (QED) is 0.840. The second kappa shape index (κ2) is 6.99. The normalized spacial score (nSPS) is 27.5. The number of hydrogen-bond donors (Lipinski definition) is 2. The predicted molar refractivity (Wildman–Crippen MR) is 100 cm³/mol. The van der Waals surface area contributed by atoms with E-state index in [2.05, 4.69) is 15.2 Å². The minimum absolute atomic E-state index is 0.0590. The van der Waals surface area contributed by atoms with Crippen molar-refractivity contribution in [1.82, 2.24) is 9.88 Å². The van der Waals surface area contributed by atoms with Crippen LogP contribution in [0.25, 0.3) is 0 Å². The number of urea groups is 1. The molecule has 0 aromatic carbocycles. The van der Waals surface area contributed by atoms with Crippen LogP contribution in [-0.2, 0) is 9.53 Å². The summed E-state index contributed by atoms with van der Waals surface area (Å²) >= 11 is 0. The molecule has 8 nitrogen and oxygen atoms in total. The molecule has 0 spiro atoms. The maximum absolute atomic E-state index is 12.7. The number of nitrogens with zero attached hydrogens (tertiary/aromatic N) is 3. The van der Waals surface area contributed by atoms with Crippen molar-refractivity contribution in [3.05, 3.63) is 17.8 Å². The van der Waals surface area contributed by atoms with E-state index >= 15 is 0 Å². The van der Waals surface area contributed by atoms with Gasteiger partial charge in [0.1, 0.15) is 5.82 Å². The Balaban J connectivity index is 1.43. The number of anilines is 2. The van der Waals surface area contributed by atoms with Crippen molar-refractivity contribution in [2.24, 2.45) is 11.3 Å². The van der Waals surface area contributed by atoms with Crippen LogP contribution < -0.4 is 10.2 Å². The smallest absolute Gasteiger partial charge is 0.321 e. The van der Waals surface area contributed by atoms with Crippen LogP contribution >= 0.6 is 0 Å². The number of hydrogen-bond acceptors (Lipinski definition) is 5. The van der Waals surface area contributed by atoms with Gasteiger partial charge in [-0.2, -0.15) is 0 Å². The molecule has 0 unspecified atom stereocenters. The van der Waals surface area contributed by atoms with Gasteiger partial charge in [0.25, 0.3) is 0 Å². The molecule has 1 aliphatic carbocycles. The Labute approximate surface area is 158 Å². The van der Waals surface area contributed by atoms with Gasteiger partial charge >= 0.3 is 12.0 Å². The van der Waals surface area contributed by atoms with E-state index in [1.807, 2.05) is 19.1 Å². The van der Waals surface area contributed by atoms with Gasteiger partial charge in [-0.25, -0.2) is 9.78 Å². The molecule has 8 heteroatoms. The van der Waals surface area contributed by atoms with Gasteiger partial charge in [0.2, 0.25) is 0 Å². The Hall–Kier alpha value is -2.35. The van der Waals surface area contributed by atoms with Crippen molar-refractivity contribution in [2.75, 3.05) is 49.6 Å². The predicted octanol–water partition coefficient (Wildman–Crippen LogP) is 1.95. The molecule has 4 rings (SSSR count). The molecule has 1 aromatic rings. The summed E-state index contributed by atoms with van der Waals surface area (Å²) < 4.78 is 5.37. The Morgan fingerprint density at radius 3 is 2.78 bits per heavy atom. The lowest BCUT2D eigenvalue weighted by molar-refractivity contribution is -0.149. The molecule has 2 atom stereocenters. The first-order valence-electron chi connectivity index (χ1n) is 9.59. The monoisotopic (exact) mass is 374 g/mol. The standard InChI is InChI=1S/C19H26N4O4/c1-13-15(4-5-16(20-13)22-7-9-27-10-8-22)21-18(26)23-11-14-3-2-6-19(14,12-23)17(24)25/h4-5,14H,2-3,6-12H2,1H3,(H,21,26)(H,24,25)/t14-,19+/m0/s1. The van der Waals surface area contributed by atoms with Crippen molar-refractivity contribution >= 4 is 23.5 Å². The fourth-order valence-electron chi connectivity index (χ4n) is 4.64. The first kappa shape index (κ1) is 18.0. The molecule has 1 saturated carbocycles. The Morgan fingerprint density at radius 2 is 2.11 bits per heavy atom. The van der Waals surface area contributed by atoms with Crippen LogP contribution in [0.4, 0.5) is 16.3 Å². The highest BCUT2D eigenvalue weighted by Crippen LogP contribution is 2.48. The molecular formula is C19H26N4O4. The van der Waals surface area contributed by atoms with E-state index in [0.29, 0.717) is 31.9 Å². The third-order valence-corrected chi connectivity index (χ3v) is 6.23. The molecule has 3 heterocycles. The number of carbonyl (C=O) groups is 2. The molecule has 0 radical (unpaired) electrons. The van der Waals surface area contributed by atoms with E-state index in [4.69, 9.17) is 4.74 Å². The molecule has 3 aliphatic rings. The number of amides is 2. The van der Waals surface area contributed by atoms with Gasteiger partial charge in [-0.3, -0.25) is 4.79 Å². The lowest BCUT2D eigenvalue weighted by Crippen LogP contribution is -2.39. The number of ether oxygens (including phenoxy) is 1. The fraction of sp³-hybridized carbons (Fsp3) is 0.632. The largest absolute Gasteiger partial charge is 0.481 e. The van der Waals surface area contributed by atoms with Crippen molar-refractivity contribution < 1.29 is 19.4 Å². The van der Waals surface area contributed by atoms with Crippen LogP contribution in [0, 0.1) is 18.3 Å². The van der Waals surface area contributed by atoms with Crippen LogP contribution in [0.15, 0.2) is 12.1 Å². The van der Waals surface area contributed by atoms with Gasteiger partial charge in [0.15, 0.2) is 0 Å². The summed E-state index contributed by atoms with van der Waals surface area (Å²) in [5, 5.41) is 12.6. The van der Waals surface area contributed by atoms with Gasteiger partial charge in [-0.15, -0.1) is 0 Å². The SMILES string of the molecule is Cc1nc(N2CCOCC2)ccc1NC(=O)N1C[C@@H]2CCC[C@@]2(C(=O)O)C1. The number of aromatic nitrogens is 1. The van der Waals surface area contributed by atoms with Crippen molar-refractivity contribution in [2.45, 2.75) is 26.2 Å². The highest BCUT2D eigenvalue weighted by atomic mass is 16.5. The Morgan fingerprint density at radius 1 is 1.33 bits per heavy atom. The van der Waals surface area contributed by atoms with Gasteiger partial charge in [-0.1, -0.05) is 6.42 Å². The molecular weight excluding hydrogens is 348 g/mol. The summed E-state index contributed by atoms with van der Waals surface area (Å²) in [5.74, 6) is 0.172. The molecule has 3 fully saturated rings. The summed E-state index contributed by atoms with van der Waals surface area (Å²) in [6, 6.07) is 3.54. The highest BCUT2D eigenvalue weighted by Gasteiger charge is 2.55. The first-order valence-corrected chi connectivity index (χ1v) is 9.59. The van der Waals surface area contributed by atoms with E-state index < -0.39 is 11.4 Å². The number of morpholine rings is 1. The van der Waals surface area contributed by atoms with Crippen molar-refractivity contribution in [3.63, 3.8) is 0 Å². The summed E-state index contributed by atoms with van der Waals surface area (Å²) in [4.78, 5) is 32.9. The number of carbonyl (C=O) groups excluding carboxylic acids is 1. The van der Waals surface area contributed by atoms with Crippen LogP contribution in [0.3, 0.4) is 0 Å². The number of aliphatic carboxylic acids is 1. The fourth-order valence-corrected chi connectivity index (χ4v) is 4.64. The average Bonchev–Trinajstić information content (AvgIpc) is 3.23. The summed E-state index contributed by atoms with van der Waals surface area (Å²) in [6.07, 6.45) is 2.47. The van der Waals surface area contributed by atoms with E-state index in [9.17, 15) is 14.7 Å². The zero-order valence-corrected chi connectivity index (χ0v) is 15.6. The van der Waals surface area contributed by atoms with Crippen LogP contribution in [0.2, 0.25) is 0 Å². The lowest BCUT2D eigenvalue weighted by atomic mass is 9.81. The molecule has 27 heavy (non-hydrogen) atoms. The Bertz CT molecular complexity index is 749.